The minimum atomic E-state index is 0.378. The van der Waals surface area contributed by atoms with Gasteiger partial charge in [-0.25, -0.2) is 0 Å². The maximum atomic E-state index is 5.92. The molecule has 1 aromatic carbocycles. The van der Waals surface area contributed by atoms with E-state index in [2.05, 4.69) is 36.3 Å². The molecule has 1 atom stereocenters. The van der Waals surface area contributed by atoms with Gasteiger partial charge in [-0.2, -0.15) is 0 Å². The van der Waals surface area contributed by atoms with Crippen molar-refractivity contribution in [2.45, 2.75) is 19.5 Å². The average Bonchev–Trinajstić information content (AvgIpc) is 2.96. The molecular weight excluding hydrogens is 272 g/mol. The maximum absolute atomic E-state index is 5.92. The molecule has 108 valence electrons. The fourth-order valence-corrected chi connectivity index (χ4v) is 2.20. The van der Waals surface area contributed by atoms with Crippen LogP contribution in [-0.4, -0.2) is 25.0 Å². The zero-order chi connectivity index (χ0) is 14.4. The summed E-state index contributed by atoms with van der Waals surface area (Å²) in [5, 5.41) is 4.19. The molecule has 0 amide bonds. The summed E-state index contributed by atoms with van der Waals surface area (Å²) in [5.74, 6) is 0. The molecule has 0 saturated carbocycles. The van der Waals surface area contributed by atoms with E-state index in [1.165, 1.54) is 11.1 Å². The van der Waals surface area contributed by atoms with E-state index in [0.29, 0.717) is 6.04 Å². The lowest BCUT2D eigenvalue weighted by atomic mass is 10.1. The molecule has 0 bridgehead atoms. The molecule has 3 nitrogen and oxygen atoms in total. The van der Waals surface area contributed by atoms with Crippen LogP contribution in [0.2, 0.25) is 5.02 Å². The third kappa shape index (κ3) is 4.37. The van der Waals surface area contributed by atoms with Gasteiger partial charge in [-0.15, -0.1) is 0 Å². The van der Waals surface area contributed by atoms with Crippen LogP contribution in [0.1, 0.15) is 24.1 Å². The molecule has 0 fully saturated rings. The van der Waals surface area contributed by atoms with Crippen molar-refractivity contribution in [2.24, 2.45) is 0 Å². The van der Waals surface area contributed by atoms with Gasteiger partial charge in [0.15, 0.2) is 0 Å². The van der Waals surface area contributed by atoms with Crippen LogP contribution in [0.3, 0.4) is 0 Å². The van der Waals surface area contributed by atoms with Gasteiger partial charge in [0.25, 0.3) is 0 Å². The fourth-order valence-electron chi connectivity index (χ4n) is 2.07. The van der Waals surface area contributed by atoms with Crippen molar-refractivity contribution in [1.29, 1.82) is 0 Å². The predicted octanol–water partition coefficient (Wildman–Crippen LogP) is 3.72. The lowest BCUT2D eigenvalue weighted by Gasteiger charge is -2.25. The van der Waals surface area contributed by atoms with Gasteiger partial charge in [0.1, 0.15) is 0 Å². The Balaban J connectivity index is 1.73. The summed E-state index contributed by atoms with van der Waals surface area (Å²) in [5.41, 5.74) is 2.46. The van der Waals surface area contributed by atoms with Gasteiger partial charge < -0.3 is 9.73 Å². The number of furan rings is 1. The topological polar surface area (TPSA) is 28.4 Å². The number of nitrogens with one attached hydrogen (secondary N) is 1. The largest absolute Gasteiger partial charge is 0.472 e. The van der Waals surface area contributed by atoms with E-state index >= 15 is 0 Å². The Morgan fingerprint density at radius 2 is 2.00 bits per heavy atom. The molecule has 1 unspecified atom stereocenters. The van der Waals surface area contributed by atoms with E-state index in [9.17, 15) is 0 Å². The summed E-state index contributed by atoms with van der Waals surface area (Å²) < 4.78 is 5.04. The Morgan fingerprint density at radius 3 is 2.65 bits per heavy atom. The molecule has 2 aromatic rings. The number of hydrogen-bond donors (Lipinski definition) is 1. The smallest absolute Gasteiger partial charge is 0.0947 e. The minimum Gasteiger partial charge on any atom is -0.472 e. The highest BCUT2D eigenvalue weighted by molar-refractivity contribution is 6.30. The zero-order valence-corrected chi connectivity index (χ0v) is 12.7. The maximum Gasteiger partial charge on any atom is 0.0947 e. The van der Waals surface area contributed by atoms with Gasteiger partial charge >= 0.3 is 0 Å². The first-order valence-electron chi connectivity index (χ1n) is 6.84. The average molecular weight is 293 g/mol. The van der Waals surface area contributed by atoms with Crippen LogP contribution in [0.15, 0.2) is 47.3 Å². The van der Waals surface area contributed by atoms with E-state index < -0.39 is 0 Å². The summed E-state index contributed by atoms with van der Waals surface area (Å²) in [6.45, 7) is 4.99. The first-order valence-corrected chi connectivity index (χ1v) is 7.22. The summed E-state index contributed by atoms with van der Waals surface area (Å²) >= 11 is 5.92. The molecule has 0 aliphatic carbocycles. The van der Waals surface area contributed by atoms with E-state index in [4.69, 9.17) is 16.0 Å². The first-order chi connectivity index (χ1) is 9.66. The van der Waals surface area contributed by atoms with Crippen LogP contribution in [-0.2, 0) is 6.54 Å². The van der Waals surface area contributed by atoms with Gasteiger partial charge in [0.2, 0.25) is 0 Å². The molecule has 1 aromatic heterocycles. The Bertz CT molecular complexity index is 496. The zero-order valence-electron chi connectivity index (χ0n) is 12.0. The monoisotopic (exact) mass is 292 g/mol. The van der Waals surface area contributed by atoms with Crippen LogP contribution in [0.25, 0.3) is 0 Å². The second-order valence-electron chi connectivity index (χ2n) is 5.02. The third-order valence-corrected chi connectivity index (χ3v) is 3.82. The van der Waals surface area contributed by atoms with Crippen molar-refractivity contribution in [1.82, 2.24) is 10.2 Å². The van der Waals surface area contributed by atoms with Gasteiger partial charge in [-0.1, -0.05) is 23.7 Å². The Kier molecular flexibility index (Phi) is 5.65. The van der Waals surface area contributed by atoms with Crippen LogP contribution < -0.4 is 5.32 Å². The first kappa shape index (κ1) is 15.1. The van der Waals surface area contributed by atoms with Gasteiger partial charge in [-0.3, -0.25) is 4.90 Å². The van der Waals surface area contributed by atoms with Crippen LogP contribution in [0, 0.1) is 0 Å². The number of hydrogen-bond acceptors (Lipinski definition) is 3. The SMILES string of the molecule is CC(c1ccc(Cl)cc1)N(C)CCNCc1ccoc1. The van der Waals surface area contributed by atoms with Crippen LogP contribution >= 0.6 is 11.6 Å². The van der Waals surface area contributed by atoms with Crippen molar-refractivity contribution in [3.05, 3.63) is 59.0 Å². The predicted molar refractivity (Wildman–Crippen MR) is 82.9 cm³/mol. The Morgan fingerprint density at radius 1 is 1.25 bits per heavy atom. The lowest BCUT2D eigenvalue weighted by Crippen LogP contribution is -2.30. The van der Waals surface area contributed by atoms with E-state index in [0.717, 1.165) is 24.7 Å². The number of rotatable bonds is 7. The Labute approximate surface area is 125 Å². The highest BCUT2D eigenvalue weighted by atomic mass is 35.5. The Hall–Kier alpha value is -1.29. The standard InChI is InChI=1S/C16H21ClN2O/c1-13(15-3-5-16(17)6-4-15)19(2)9-8-18-11-14-7-10-20-12-14/h3-7,10,12-13,18H,8-9,11H2,1-2H3. The molecule has 0 aliphatic heterocycles. The van der Waals surface area contributed by atoms with Gasteiger partial charge in [-0.05, 0) is 37.7 Å². The molecule has 20 heavy (non-hydrogen) atoms. The summed E-state index contributed by atoms with van der Waals surface area (Å²) in [6.07, 6.45) is 3.47. The second kappa shape index (κ2) is 7.48. The van der Waals surface area contributed by atoms with Crippen molar-refractivity contribution in [3.63, 3.8) is 0 Å². The van der Waals surface area contributed by atoms with Crippen LogP contribution in [0.4, 0.5) is 0 Å². The molecule has 0 radical (unpaired) electrons. The van der Waals surface area contributed by atoms with E-state index in [1.807, 2.05) is 18.2 Å². The highest BCUT2D eigenvalue weighted by Crippen LogP contribution is 2.20. The van der Waals surface area contributed by atoms with Crippen molar-refractivity contribution in [3.8, 4) is 0 Å². The molecule has 4 heteroatoms. The highest BCUT2D eigenvalue weighted by Gasteiger charge is 2.10. The minimum absolute atomic E-state index is 0.378. The van der Waals surface area contributed by atoms with Crippen LogP contribution in [0.5, 0.6) is 0 Å². The summed E-state index contributed by atoms with van der Waals surface area (Å²) in [4.78, 5) is 2.33. The lowest BCUT2D eigenvalue weighted by molar-refractivity contribution is 0.261. The molecular formula is C16H21ClN2O. The van der Waals surface area contributed by atoms with E-state index in [1.54, 1.807) is 12.5 Å². The molecule has 0 spiro atoms. The fraction of sp³-hybridized carbons (Fsp3) is 0.375. The van der Waals surface area contributed by atoms with Gasteiger partial charge in [0, 0.05) is 36.3 Å². The number of halogens is 1. The van der Waals surface area contributed by atoms with E-state index in [-0.39, 0.29) is 0 Å². The summed E-state index contributed by atoms with van der Waals surface area (Å²) in [6, 6.07) is 10.4. The second-order valence-corrected chi connectivity index (χ2v) is 5.45. The quantitative estimate of drug-likeness (QED) is 0.789. The van der Waals surface area contributed by atoms with Gasteiger partial charge in [0.05, 0.1) is 12.5 Å². The molecule has 0 saturated heterocycles. The van der Waals surface area contributed by atoms with Crippen molar-refractivity contribution in [2.75, 3.05) is 20.1 Å². The molecule has 2 rings (SSSR count). The van der Waals surface area contributed by atoms with Crippen molar-refractivity contribution < 1.29 is 4.42 Å². The molecule has 1 N–H and O–H groups in total. The molecule has 0 aliphatic rings. The number of likely N-dealkylation sites (N-methyl/N-ethyl adjacent to an activating group) is 1. The normalized spacial score (nSPS) is 12.8. The third-order valence-electron chi connectivity index (χ3n) is 3.56. The number of nitrogens with zero attached hydrogens (tertiary/aromatic N) is 1. The van der Waals surface area contributed by atoms with Crippen molar-refractivity contribution >= 4 is 11.6 Å². The number of benzene rings is 1. The molecule has 1 heterocycles. The summed E-state index contributed by atoms with van der Waals surface area (Å²) in [7, 11) is 2.14.